The third-order valence-corrected chi connectivity index (χ3v) is 7.66. The van der Waals surface area contributed by atoms with E-state index in [1.165, 1.54) is 16.7 Å². The zero-order valence-corrected chi connectivity index (χ0v) is 19.8. The maximum atomic E-state index is 13.0. The highest BCUT2D eigenvalue weighted by atomic mass is 35.5. The Morgan fingerprint density at radius 2 is 1.88 bits per heavy atom. The van der Waals surface area contributed by atoms with Gasteiger partial charge in [0.15, 0.2) is 0 Å². The lowest BCUT2D eigenvalue weighted by molar-refractivity contribution is -0.126. The van der Waals surface area contributed by atoms with Gasteiger partial charge in [0, 0.05) is 29.4 Å². The Kier molecular flexibility index (Phi) is 6.02. The maximum Gasteiger partial charge on any atom is 0.255 e. The number of aryl methyl sites for hydroxylation is 1. The van der Waals surface area contributed by atoms with Crippen LogP contribution >= 0.6 is 11.6 Å². The molecule has 5 nitrogen and oxygen atoms in total. The fourth-order valence-electron chi connectivity index (χ4n) is 5.40. The molecule has 0 saturated carbocycles. The topological polar surface area (TPSA) is 52.7 Å². The van der Waals surface area contributed by atoms with Crippen LogP contribution < -0.4 is 5.32 Å². The molecule has 1 atom stereocenters. The van der Waals surface area contributed by atoms with Crippen LogP contribution in [0.25, 0.3) is 0 Å². The van der Waals surface area contributed by atoms with Crippen LogP contribution in [0.5, 0.6) is 0 Å². The van der Waals surface area contributed by atoms with E-state index in [2.05, 4.69) is 48.0 Å². The summed E-state index contributed by atoms with van der Waals surface area (Å²) < 4.78 is 0. The molecule has 0 radical (unpaired) electrons. The van der Waals surface area contributed by atoms with Gasteiger partial charge in [0.1, 0.15) is 6.04 Å². The Balaban J connectivity index is 1.23. The van der Waals surface area contributed by atoms with Gasteiger partial charge in [-0.25, -0.2) is 0 Å². The molecular weight excluding hydrogens is 434 g/mol. The monoisotopic (exact) mass is 463 g/mol. The molecule has 2 saturated heterocycles. The van der Waals surface area contributed by atoms with Gasteiger partial charge in [0.2, 0.25) is 5.91 Å². The van der Waals surface area contributed by atoms with Gasteiger partial charge >= 0.3 is 0 Å². The number of likely N-dealkylation sites (tertiary alicyclic amines) is 1. The molecule has 2 aromatic rings. The number of halogens is 1. The Morgan fingerprint density at radius 3 is 2.64 bits per heavy atom. The molecule has 5 rings (SSSR count). The minimum absolute atomic E-state index is 0.0316. The van der Waals surface area contributed by atoms with E-state index >= 15 is 0 Å². The number of carbonyl (C=O) groups is 2. The van der Waals surface area contributed by atoms with Crippen LogP contribution in [0.1, 0.15) is 64.2 Å². The zero-order chi connectivity index (χ0) is 23.1. The lowest BCUT2D eigenvalue weighted by atomic mass is 9.87. The van der Waals surface area contributed by atoms with Gasteiger partial charge in [-0.1, -0.05) is 36.4 Å². The SMILES string of the molecule is C=C1CCC(N2Cc3cc(C4CCN(Cc5cc(Cl)ccc5C)CC4)ccc3C2=O)C(=O)N1. The molecule has 2 fully saturated rings. The number of nitrogens with zero attached hydrogens (tertiary/aromatic N) is 2. The first kappa shape index (κ1) is 22.2. The van der Waals surface area contributed by atoms with Crippen molar-refractivity contribution < 1.29 is 9.59 Å². The van der Waals surface area contributed by atoms with Gasteiger partial charge in [-0.05, 0) is 92.1 Å². The minimum atomic E-state index is -0.406. The van der Waals surface area contributed by atoms with Crippen molar-refractivity contribution in [1.29, 1.82) is 0 Å². The summed E-state index contributed by atoms with van der Waals surface area (Å²) in [6.45, 7) is 9.52. The van der Waals surface area contributed by atoms with Crippen LogP contribution in [0.2, 0.25) is 5.02 Å². The number of allylic oxidation sites excluding steroid dienone is 1. The number of hydrogen-bond acceptors (Lipinski definition) is 3. The number of hydrogen-bond donors (Lipinski definition) is 1. The van der Waals surface area contributed by atoms with Gasteiger partial charge in [-0.15, -0.1) is 0 Å². The smallest absolute Gasteiger partial charge is 0.255 e. The second-order valence-electron chi connectivity index (χ2n) is 9.62. The van der Waals surface area contributed by atoms with Crippen molar-refractivity contribution in [2.75, 3.05) is 13.1 Å². The summed E-state index contributed by atoms with van der Waals surface area (Å²) in [5.41, 5.74) is 6.41. The number of fused-ring (bicyclic) bond motifs is 1. The Labute approximate surface area is 200 Å². The van der Waals surface area contributed by atoms with E-state index in [0.717, 1.165) is 60.7 Å². The second-order valence-corrected chi connectivity index (χ2v) is 10.1. The molecule has 2 amide bonds. The van der Waals surface area contributed by atoms with Gasteiger partial charge in [-0.2, -0.15) is 0 Å². The molecule has 0 aromatic heterocycles. The van der Waals surface area contributed by atoms with Crippen LogP contribution in [0, 0.1) is 6.92 Å². The van der Waals surface area contributed by atoms with E-state index in [-0.39, 0.29) is 11.8 Å². The zero-order valence-electron chi connectivity index (χ0n) is 19.1. The summed E-state index contributed by atoms with van der Waals surface area (Å²) in [6, 6.07) is 12.0. The molecule has 172 valence electrons. The first-order valence-electron chi connectivity index (χ1n) is 11.8. The summed E-state index contributed by atoms with van der Waals surface area (Å²) >= 11 is 6.20. The number of amides is 2. The first-order chi connectivity index (χ1) is 15.9. The molecule has 6 heteroatoms. The molecule has 3 aliphatic rings. The van der Waals surface area contributed by atoms with Crippen molar-refractivity contribution in [2.24, 2.45) is 0 Å². The minimum Gasteiger partial charge on any atom is -0.329 e. The van der Waals surface area contributed by atoms with Gasteiger partial charge < -0.3 is 10.2 Å². The summed E-state index contributed by atoms with van der Waals surface area (Å²) in [7, 11) is 0. The van der Waals surface area contributed by atoms with Crippen molar-refractivity contribution >= 4 is 23.4 Å². The predicted molar refractivity (Wildman–Crippen MR) is 130 cm³/mol. The number of nitrogens with one attached hydrogen (secondary N) is 1. The average Bonchev–Trinajstić information content (AvgIpc) is 3.12. The van der Waals surface area contributed by atoms with E-state index in [1.807, 2.05) is 12.1 Å². The molecule has 3 aliphatic heterocycles. The fourth-order valence-corrected chi connectivity index (χ4v) is 5.60. The van der Waals surface area contributed by atoms with E-state index < -0.39 is 6.04 Å². The second kappa shape index (κ2) is 8.96. The van der Waals surface area contributed by atoms with Crippen molar-refractivity contribution in [3.05, 3.63) is 81.5 Å². The van der Waals surface area contributed by atoms with Crippen molar-refractivity contribution in [1.82, 2.24) is 15.1 Å². The largest absolute Gasteiger partial charge is 0.329 e. The van der Waals surface area contributed by atoms with Crippen LogP contribution in [-0.4, -0.2) is 40.7 Å². The quantitative estimate of drug-likeness (QED) is 0.710. The van der Waals surface area contributed by atoms with Gasteiger partial charge in [-0.3, -0.25) is 14.5 Å². The van der Waals surface area contributed by atoms with Crippen LogP contribution in [-0.2, 0) is 17.9 Å². The van der Waals surface area contributed by atoms with Crippen LogP contribution in [0.4, 0.5) is 0 Å². The first-order valence-corrected chi connectivity index (χ1v) is 12.2. The normalized spacial score (nSPS) is 21.9. The van der Waals surface area contributed by atoms with Gasteiger partial charge in [0.05, 0.1) is 0 Å². The Bertz CT molecular complexity index is 1120. The number of benzene rings is 2. The van der Waals surface area contributed by atoms with E-state index in [4.69, 9.17) is 11.6 Å². The van der Waals surface area contributed by atoms with E-state index in [0.29, 0.717) is 18.9 Å². The molecule has 1 unspecified atom stereocenters. The van der Waals surface area contributed by atoms with Crippen molar-refractivity contribution in [3.8, 4) is 0 Å². The molecule has 3 heterocycles. The van der Waals surface area contributed by atoms with Crippen LogP contribution in [0.15, 0.2) is 48.7 Å². The summed E-state index contributed by atoms with van der Waals surface area (Å²) in [4.78, 5) is 29.6. The Morgan fingerprint density at radius 1 is 1.09 bits per heavy atom. The molecule has 0 bridgehead atoms. The van der Waals surface area contributed by atoms with E-state index in [1.54, 1.807) is 4.90 Å². The standard InChI is InChI=1S/C27H30ClN3O2/c1-17-3-6-23(28)14-21(17)15-30-11-9-19(10-12-30)20-5-7-24-22(13-20)16-31(27(24)33)25-8-4-18(2)29-26(25)32/h3,5-7,13-14,19,25H,2,4,8-12,15-16H2,1H3,(H,29,32). The molecule has 1 N–H and O–H groups in total. The molecule has 0 aliphatic carbocycles. The summed E-state index contributed by atoms with van der Waals surface area (Å²) in [5, 5.41) is 3.60. The maximum absolute atomic E-state index is 13.0. The molecular formula is C27H30ClN3O2. The third kappa shape index (κ3) is 4.44. The van der Waals surface area contributed by atoms with Crippen molar-refractivity contribution in [3.63, 3.8) is 0 Å². The predicted octanol–water partition coefficient (Wildman–Crippen LogP) is 4.78. The summed E-state index contributed by atoms with van der Waals surface area (Å²) in [6.07, 6.45) is 3.56. The number of rotatable bonds is 4. The third-order valence-electron chi connectivity index (χ3n) is 7.42. The van der Waals surface area contributed by atoms with Crippen molar-refractivity contribution in [2.45, 2.75) is 57.7 Å². The average molecular weight is 464 g/mol. The molecule has 2 aromatic carbocycles. The van der Waals surface area contributed by atoms with E-state index in [9.17, 15) is 9.59 Å². The lowest BCUT2D eigenvalue weighted by Crippen LogP contribution is -2.49. The molecule has 33 heavy (non-hydrogen) atoms. The van der Waals surface area contributed by atoms with Crippen LogP contribution in [0.3, 0.4) is 0 Å². The van der Waals surface area contributed by atoms with Gasteiger partial charge in [0.25, 0.3) is 5.91 Å². The number of carbonyl (C=O) groups excluding carboxylic acids is 2. The lowest BCUT2D eigenvalue weighted by Gasteiger charge is -2.32. The Hall–Kier alpha value is -2.63. The molecule has 0 spiro atoms. The summed E-state index contributed by atoms with van der Waals surface area (Å²) in [5.74, 6) is 0.350. The highest BCUT2D eigenvalue weighted by Crippen LogP contribution is 2.34. The highest BCUT2D eigenvalue weighted by Gasteiger charge is 2.38. The number of piperidine rings is 2. The fraction of sp³-hybridized carbons (Fsp3) is 0.407. The highest BCUT2D eigenvalue weighted by molar-refractivity contribution is 6.30.